The maximum absolute atomic E-state index is 4.25. The van der Waals surface area contributed by atoms with E-state index in [0.29, 0.717) is 5.70 Å². The molecule has 0 N–H and O–H groups in total. The van der Waals surface area contributed by atoms with Gasteiger partial charge in [-0.1, -0.05) is 20.4 Å². The Hall–Kier alpha value is -0.860. The zero-order valence-corrected chi connectivity index (χ0v) is 6.51. The number of nitrogens with zero attached hydrogens (tertiary/aromatic N) is 2. The molecular formula is C6H14N2O. The second-order valence-electron chi connectivity index (χ2n) is 1.10. The van der Waals surface area contributed by atoms with Crippen LogP contribution in [0.3, 0.4) is 0 Å². The van der Waals surface area contributed by atoms with Crippen LogP contribution in [0, 0.1) is 0 Å². The van der Waals surface area contributed by atoms with E-state index < -0.39 is 0 Å². The quantitative estimate of drug-likeness (QED) is 0.417. The van der Waals surface area contributed by atoms with Crippen molar-refractivity contribution in [2.75, 3.05) is 7.11 Å². The number of allylic oxidation sites excluding steroid dienone is 1. The van der Waals surface area contributed by atoms with Crippen molar-refractivity contribution in [3.63, 3.8) is 0 Å². The SMILES string of the molecule is C=C(C)N=NOC.CC. The van der Waals surface area contributed by atoms with Gasteiger partial charge in [0, 0.05) is 5.28 Å². The standard InChI is InChI=1S/C4H8N2O.C2H6/c1-4(2)5-6-7-3;1-2/h1H2,2-3H3;1-2H3. The van der Waals surface area contributed by atoms with Crippen LogP contribution in [0.25, 0.3) is 0 Å². The molecule has 0 atom stereocenters. The molecule has 0 aromatic carbocycles. The molecule has 0 aromatic rings. The molecule has 0 saturated heterocycles. The Morgan fingerprint density at radius 2 is 1.89 bits per heavy atom. The fourth-order valence-corrected chi connectivity index (χ4v) is 0.111. The van der Waals surface area contributed by atoms with Gasteiger partial charge in [-0.3, -0.25) is 0 Å². The Balaban J connectivity index is 0. The van der Waals surface area contributed by atoms with Crippen molar-refractivity contribution >= 4 is 0 Å². The molecule has 0 fully saturated rings. The van der Waals surface area contributed by atoms with Crippen LogP contribution < -0.4 is 0 Å². The van der Waals surface area contributed by atoms with E-state index in [1.807, 2.05) is 13.8 Å². The van der Waals surface area contributed by atoms with E-state index >= 15 is 0 Å². The van der Waals surface area contributed by atoms with Gasteiger partial charge < -0.3 is 4.84 Å². The molecule has 54 valence electrons. The van der Waals surface area contributed by atoms with Gasteiger partial charge in [0.1, 0.15) is 7.11 Å². The largest absolute Gasteiger partial charge is 0.383 e. The zero-order chi connectivity index (χ0) is 7.70. The molecule has 3 nitrogen and oxygen atoms in total. The Bertz CT molecular complexity index is 89.1. The molecule has 0 rings (SSSR count). The summed E-state index contributed by atoms with van der Waals surface area (Å²) >= 11 is 0. The summed E-state index contributed by atoms with van der Waals surface area (Å²) in [6, 6.07) is 0. The molecule has 0 aromatic heterocycles. The predicted molar refractivity (Wildman–Crippen MR) is 38.0 cm³/mol. The third kappa shape index (κ3) is 19.1. The lowest BCUT2D eigenvalue weighted by molar-refractivity contribution is 0.189. The first kappa shape index (κ1) is 11.0. The zero-order valence-electron chi connectivity index (χ0n) is 6.51. The minimum absolute atomic E-state index is 0.641. The van der Waals surface area contributed by atoms with E-state index in [4.69, 9.17) is 0 Å². The van der Waals surface area contributed by atoms with Crippen molar-refractivity contribution in [2.24, 2.45) is 10.4 Å². The van der Waals surface area contributed by atoms with Crippen molar-refractivity contribution in [2.45, 2.75) is 20.8 Å². The molecule has 9 heavy (non-hydrogen) atoms. The highest BCUT2D eigenvalue weighted by Gasteiger charge is 1.70. The van der Waals surface area contributed by atoms with Gasteiger partial charge in [0.15, 0.2) is 0 Å². The lowest BCUT2D eigenvalue weighted by Crippen LogP contribution is -1.63. The van der Waals surface area contributed by atoms with Crippen molar-refractivity contribution < 1.29 is 4.84 Å². The average molecular weight is 130 g/mol. The maximum atomic E-state index is 4.25. The number of rotatable bonds is 2. The summed E-state index contributed by atoms with van der Waals surface area (Å²) in [5, 5.41) is 6.65. The molecule has 0 radical (unpaired) electrons. The second-order valence-corrected chi connectivity index (χ2v) is 1.10. The fraction of sp³-hybridized carbons (Fsp3) is 0.667. The van der Waals surface area contributed by atoms with E-state index in [-0.39, 0.29) is 0 Å². The molecule has 0 amide bonds. The van der Waals surface area contributed by atoms with Crippen LogP contribution in [0.5, 0.6) is 0 Å². The van der Waals surface area contributed by atoms with Gasteiger partial charge in [0.2, 0.25) is 0 Å². The topological polar surface area (TPSA) is 34.0 Å². The smallest absolute Gasteiger partial charge is 0.108 e. The van der Waals surface area contributed by atoms with Crippen LogP contribution in [0.2, 0.25) is 0 Å². The van der Waals surface area contributed by atoms with Crippen LogP contribution in [0.1, 0.15) is 20.8 Å². The first-order valence-electron chi connectivity index (χ1n) is 2.87. The molecule has 0 bridgehead atoms. The Morgan fingerprint density at radius 3 is 2.00 bits per heavy atom. The minimum atomic E-state index is 0.641. The Labute approximate surface area is 56.4 Å². The van der Waals surface area contributed by atoms with E-state index in [0.717, 1.165) is 0 Å². The normalized spacial score (nSPS) is 8.00. The maximum Gasteiger partial charge on any atom is 0.108 e. The lowest BCUT2D eigenvalue weighted by atomic mass is 10.6. The second kappa shape index (κ2) is 10.2. The summed E-state index contributed by atoms with van der Waals surface area (Å²) in [6.45, 7) is 9.19. The molecular weight excluding hydrogens is 116 g/mol. The van der Waals surface area contributed by atoms with Gasteiger partial charge in [0.05, 0.1) is 5.70 Å². The Morgan fingerprint density at radius 1 is 1.44 bits per heavy atom. The molecule has 0 unspecified atom stereocenters. The van der Waals surface area contributed by atoms with Crippen molar-refractivity contribution in [3.05, 3.63) is 12.3 Å². The van der Waals surface area contributed by atoms with E-state index in [1.54, 1.807) is 6.92 Å². The molecule has 0 spiro atoms. The molecule has 0 aliphatic rings. The number of hydrogen-bond donors (Lipinski definition) is 0. The first-order valence-corrected chi connectivity index (χ1v) is 2.87. The van der Waals surface area contributed by atoms with Crippen molar-refractivity contribution in [1.29, 1.82) is 0 Å². The summed E-state index contributed by atoms with van der Waals surface area (Å²) in [4.78, 5) is 4.25. The monoisotopic (exact) mass is 130 g/mol. The van der Waals surface area contributed by atoms with Crippen LogP contribution in [0.15, 0.2) is 22.7 Å². The van der Waals surface area contributed by atoms with Crippen molar-refractivity contribution in [3.8, 4) is 0 Å². The first-order chi connectivity index (χ1) is 4.27. The van der Waals surface area contributed by atoms with Crippen LogP contribution >= 0.6 is 0 Å². The summed E-state index contributed by atoms with van der Waals surface area (Å²) in [5.74, 6) is 0. The minimum Gasteiger partial charge on any atom is -0.383 e. The van der Waals surface area contributed by atoms with Gasteiger partial charge in [-0.15, -0.1) is 5.11 Å². The summed E-state index contributed by atoms with van der Waals surface area (Å²) in [5.41, 5.74) is 0.641. The van der Waals surface area contributed by atoms with E-state index in [2.05, 4.69) is 21.8 Å². The van der Waals surface area contributed by atoms with Gasteiger partial charge in [-0.25, -0.2) is 0 Å². The molecule has 0 aliphatic heterocycles. The van der Waals surface area contributed by atoms with Gasteiger partial charge in [0.25, 0.3) is 0 Å². The highest BCUT2D eigenvalue weighted by molar-refractivity contribution is 4.81. The van der Waals surface area contributed by atoms with Gasteiger partial charge in [-0.2, -0.15) is 0 Å². The molecule has 0 saturated carbocycles. The Kier molecular flexibility index (Phi) is 12.5. The van der Waals surface area contributed by atoms with Crippen molar-refractivity contribution in [1.82, 2.24) is 0 Å². The summed E-state index contributed by atoms with van der Waals surface area (Å²) < 4.78 is 0. The highest BCUT2D eigenvalue weighted by Crippen LogP contribution is 1.87. The van der Waals surface area contributed by atoms with Crippen LogP contribution in [0.4, 0.5) is 0 Å². The summed E-state index contributed by atoms with van der Waals surface area (Å²) in [6.07, 6.45) is 0. The third-order valence-corrected chi connectivity index (χ3v) is 0.293. The number of hydrogen-bond acceptors (Lipinski definition) is 3. The lowest BCUT2D eigenvalue weighted by Gasteiger charge is -1.80. The summed E-state index contributed by atoms with van der Waals surface area (Å²) in [7, 11) is 1.44. The van der Waals surface area contributed by atoms with Gasteiger partial charge >= 0.3 is 0 Å². The van der Waals surface area contributed by atoms with E-state index in [9.17, 15) is 0 Å². The molecule has 0 heterocycles. The predicted octanol–water partition coefficient (Wildman–Crippen LogP) is 2.56. The third-order valence-electron chi connectivity index (χ3n) is 0.293. The van der Waals surface area contributed by atoms with E-state index in [1.165, 1.54) is 7.11 Å². The fourth-order valence-electron chi connectivity index (χ4n) is 0.111. The highest BCUT2D eigenvalue weighted by atomic mass is 16.6. The van der Waals surface area contributed by atoms with Crippen LogP contribution in [-0.2, 0) is 4.84 Å². The molecule has 0 aliphatic carbocycles. The van der Waals surface area contributed by atoms with Gasteiger partial charge in [-0.05, 0) is 6.92 Å². The van der Waals surface area contributed by atoms with Crippen LogP contribution in [-0.4, -0.2) is 7.11 Å². The average Bonchev–Trinajstić information content (AvgIpc) is 1.88. The molecule has 3 heteroatoms.